The molecule has 0 saturated carbocycles. The summed E-state index contributed by atoms with van der Waals surface area (Å²) in [4.78, 5) is 62.5. The molecule has 1 amide bonds. The summed E-state index contributed by atoms with van der Waals surface area (Å²) in [5.41, 5.74) is -0.437. The minimum atomic E-state index is -1.81. The molecule has 1 saturated heterocycles. The first-order valence-electron chi connectivity index (χ1n) is 11.9. The number of carbonyl (C=O) groups excluding carboxylic acids is 5. The average molecular weight is 502 g/mol. The van der Waals surface area contributed by atoms with Gasteiger partial charge in [0.25, 0.3) is 5.91 Å². The van der Waals surface area contributed by atoms with Gasteiger partial charge in [-0.15, -0.1) is 0 Å². The van der Waals surface area contributed by atoms with E-state index >= 15 is 0 Å². The van der Waals surface area contributed by atoms with Crippen molar-refractivity contribution < 1.29 is 38.6 Å². The van der Waals surface area contributed by atoms with Crippen LogP contribution in [0.5, 0.6) is 0 Å². The Hall–Kier alpha value is -3.33. The average Bonchev–Trinajstić information content (AvgIpc) is 2.80. The van der Waals surface area contributed by atoms with Crippen molar-refractivity contribution in [3.8, 4) is 0 Å². The van der Waals surface area contributed by atoms with Crippen LogP contribution in [0.4, 0.5) is 0 Å². The third kappa shape index (κ3) is 7.10. The lowest BCUT2D eigenvalue weighted by Crippen LogP contribution is -2.61. The van der Waals surface area contributed by atoms with Crippen molar-refractivity contribution in [2.24, 2.45) is 11.3 Å². The number of rotatable bonds is 3. The Kier molecular flexibility index (Phi) is 9.69. The van der Waals surface area contributed by atoms with Crippen molar-refractivity contribution >= 4 is 29.4 Å². The van der Waals surface area contributed by atoms with Gasteiger partial charge >= 0.3 is 11.9 Å². The smallest absolute Gasteiger partial charge is 0.322 e. The first-order chi connectivity index (χ1) is 16.7. The minimum absolute atomic E-state index is 0.0571. The Morgan fingerprint density at radius 1 is 1.11 bits per heavy atom. The van der Waals surface area contributed by atoms with E-state index in [4.69, 9.17) is 9.47 Å². The SMILES string of the molecule is CC(=O)O[C@@H]1/C=C/C(C)=C/C[C@H](O)/C=C/C(C)=C/[C@@H](NC(=O)C(C)=O)[C@]2(C)C(=O)OC(C1)[C@@H](C)C2=O. The Bertz CT molecular complexity index is 1040. The molecular formula is C27H35NO8. The molecule has 2 bridgehead atoms. The summed E-state index contributed by atoms with van der Waals surface area (Å²) in [5, 5.41) is 12.8. The molecule has 0 spiro atoms. The maximum absolute atomic E-state index is 13.6. The van der Waals surface area contributed by atoms with Crippen LogP contribution in [0.25, 0.3) is 0 Å². The molecule has 2 aliphatic heterocycles. The molecule has 0 aromatic heterocycles. The molecule has 0 aromatic carbocycles. The van der Waals surface area contributed by atoms with Crippen LogP contribution in [0.1, 0.15) is 54.4 Å². The molecule has 9 heteroatoms. The summed E-state index contributed by atoms with van der Waals surface area (Å²) in [6, 6.07) is -1.18. The van der Waals surface area contributed by atoms with Gasteiger partial charge in [0, 0.05) is 20.3 Å². The van der Waals surface area contributed by atoms with Gasteiger partial charge in [-0.05, 0) is 33.3 Å². The zero-order chi connectivity index (χ0) is 27.2. The Balaban J connectivity index is 2.60. The van der Waals surface area contributed by atoms with Gasteiger partial charge in [0.2, 0.25) is 5.78 Å². The van der Waals surface area contributed by atoms with E-state index in [0.29, 0.717) is 12.0 Å². The zero-order valence-electron chi connectivity index (χ0n) is 21.6. The summed E-state index contributed by atoms with van der Waals surface area (Å²) in [7, 11) is 0. The molecule has 2 N–H and O–H groups in total. The number of ether oxygens (including phenoxy) is 2. The van der Waals surface area contributed by atoms with Crippen LogP contribution in [0.2, 0.25) is 0 Å². The lowest BCUT2D eigenvalue weighted by atomic mass is 9.69. The molecule has 1 aliphatic carbocycles. The molecule has 1 fully saturated rings. The van der Waals surface area contributed by atoms with E-state index in [9.17, 15) is 29.1 Å². The molecule has 0 radical (unpaired) electrons. The van der Waals surface area contributed by atoms with Crippen LogP contribution >= 0.6 is 0 Å². The van der Waals surface area contributed by atoms with E-state index in [1.54, 1.807) is 38.2 Å². The number of hydrogen-bond donors (Lipinski definition) is 2. The van der Waals surface area contributed by atoms with Crippen LogP contribution in [0, 0.1) is 11.3 Å². The fraction of sp³-hybridized carbons (Fsp3) is 0.519. The van der Waals surface area contributed by atoms with E-state index in [1.165, 1.54) is 19.9 Å². The van der Waals surface area contributed by atoms with Crippen molar-refractivity contribution in [2.75, 3.05) is 0 Å². The number of hydrogen-bond acceptors (Lipinski definition) is 8. The molecule has 9 nitrogen and oxygen atoms in total. The molecule has 0 aromatic rings. The van der Waals surface area contributed by atoms with Crippen LogP contribution in [0.15, 0.2) is 47.6 Å². The molecule has 3 aliphatic rings. The van der Waals surface area contributed by atoms with Crippen molar-refractivity contribution in [2.45, 2.75) is 78.7 Å². The highest BCUT2D eigenvalue weighted by atomic mass is 16.6. The predicted octanol–water partition coefficient (Wildman–Crippen LogP) is 2.29. The predicted molar refractivity (Wildman–Crippen MR) is 131 cm³/mol. The summed E-state index contributed by atoms with van der Waals surface area (Å²) in [6.07, 6.45) is 7.78. The van der Waals surface area contributed by atoms with Crippen LogP contribution < -0.4 is 5.32 Å². The van der Waals surface area contributed by atoms with Gasteiger partial charge in [-0.25, -0.2) is 0 Å². The zero-order valence-corrected chi connectivity index (χ0v) is 21.6. The van der Waals surface area contributed by atoms with Crippen molar-refractivity contribution in [1.29, 1.82) is 0 Å². The maximum atomic E-state index is 13.6. The maximum Gasteiger partial charge on any atom is 0.322 e. The molecule has 6 atom stereocenters. The number of allylic oxidation sites excluding steroid dienone is 4. The van der Waals surface area contributed by atoms with Crippen LogP contribution in [-0.2, 0) is 33.4 Å². The monoisotopic (exact) mass is 501 g/mol. The molecule has 3 rings (SSSR count). The summed E-state index contributed by atoms with van der Waals surface area (Å²) in [5.74, 6) is -4.37. The first-order valence-corrected chi connectivity index (χ1v) is 11.9. The fourth-order valence-electron chi connectivity index (χ4n) is 4.13. The molecule has 1 unspecified atom stereocenters. The van der Waals surface area contributed by atoms with E-state index in [-0.39, 0.29) is 6.42 Å². The van der Waals surface area contributed by atoms with Gasteiger partial charge in [0.15, 0.2) is 5.78 Å². The molecule has 2 heterocycles. The third-order valence-electron chi connectivity index (χ3n) is 6.44. The van der Waals surface area contributed by atoms with E-state index < -0.39 is 65.1 Å². The number of Topliss-reactive ketones (excluding diaryl/α,β-unsaturated/α-hetero) is 2. The number of esters is 2. The number of ketones is 2. The van der Waals surface area contributed by atoms with Crippen molar-refractivity contribution in [1.82, 2.24) is 5.32 Å². The normalized spacial score (nSPS) is 36.2. The van der Waals surface area contributed by atoms with Gasteiger partial charge in [-0.2, -0.15) is 0 Å². The quantitative estimate of drug-likeness (QED) is 0.342. The van der Waals surface area contributed by atoms with E-state index in [0.717, 1.165) is 12.5 Å². The lowest BCUT2D eigenvalue weighted by molar-refractivity contribution is -0.182. The van der Waals surface area contributed by atoms with Gasteiger partial charge in [0.1, 0.15) is 17.6 Å². The lowest BCUT2D eigenvalue weighted by Gasteiger charge is -2.42. The van der Waals surface area contributed by atoms with Crippen molar-refractivity contribution in [3.05, 3.63) is 47.6 Å². The second-order valence-corrected chi connectivity index (χ2v) is 9.57. The summed E-state index contributed by atoms with van der Waals surface area (Å²) < 4.78 is 11.1. The first kappa shape index (κ1) is 28.9. The number of nitrogens with one attached hydrogen (secondary N) is 1. The Morgan fingerprint density at radius 3 is 2.36 bits per heavy atom. The minimum Gasteiger partial charge on any atom is -0.461 e. The van der Waals surface area contributed by atoms with Gasteiger partial charge in [0.05, 0.1) is 18.1 Å². The second kappa shape index (κ2) is 12.1. The highest BCUT2D eigenvalue weighted by molar-refractivity contribution is 6.35. The number of fused-ring (bicyclic) bond motifs is 10. The summed E-state index contributed by atoms with van der Waals surface area (Å²) in [6.45, 7) is 8.85. The number of carbonyl (C=O) groups is 5. The van der Waals surface area contributed by atoms with Gasteiger partial charge in [-0.1, -0.05) is 48.5 Å². The number of amides is 1. The second-order valence-electron chi connectivity index (χ2n) is 9.57. The topological polar surface area (TPSA) is 136 Å². The third-order valence-corrected chi connectivity index (χ3v) is 6.44. The number of aliphatic hydroxyl groups is 1. The van der Waals surface area contributed by atoms with Crippen LogP contribution in [0.3, 0.4) is 0 Å². The standard InChI is InChI=1S/C27H35NO8/c1-15-7-10-20(31)11-8-16(2)13-23(28-25(33)18(4)29)27(6)24(32)17(3)22(36-26(27)34)14-21(12-9-15)35-19(5)30/h7-9,11-13,17,20-23,31H,10,14H2,1-6H3,(H,28,33)/b11-8+,12-9+,15-7+,16-13+/t17-,20+,21-,22?,23-,27+/m1/s1. The summed E-state index contributed by atoms with van der Waals surface area (Å²) >= 11 is 0. The van der Waals surface area contributed by atoms with Crippen molar-refractivity contribution in [3.63, 3.8) is 0 Å². The molecule has 196 valence electrons. The van der Waals surface area contributed by atoms with E-state index in [1.807, 2.05) is 13.0 Å². The van der Waals surface area contributed by atoms with E-state index in [2.05, 4.69) is 5.32 Å². The Morgan fingerprint density at radius 2 is 1.75 bits per heavy atom. The fourth-order valence-corrected chi connectivity index (χ4v) is 4.13. The van der Waals surface area contributed by atoms with Crippen LogP contribution in [-0.4, -0.2) is 58.9 Å². The Labute approximate surface area is 211 Å². The molecular weight excluding hydrogens is 466 g/mol. The molecule has 36 heavy (non-hydrogen) atoms. The largest absolute Gasteiger partial charge is 0.461 e. The number of aliphatic hydroxyl groups excluding tert-OH is 1. The van der Waals surface area contributed by atoms with Gasteiger partial charge < -0.3 is 19.9 Å². The van der Waals surface area contributed by atoms with Gasteiger partial charge in [-0.3, -0.25) is 24.0 Å². The highest BCUT2D eigenvalue weighted by Crippen LogP contribution is 2.38. The highest BCUT2D eigenvalue weighted by Gasteiger charge is 2.56.